The number of nitrogens with one attached hydrogen (secondary N) is 1. The van der Waals surface area contributed by atoms with Crippen molar-refractivity contribution in [1.29, 1.82) is 0 Å². The highest BCUT2D eigenvalue weighted by molar-refractivity contribution is 7.92. The first kappa shape index (κ1) is 18.7. The third-order valence-electron chi connectivity index (χ3n) is 3.41. The molecule has 0 aliphatic carbocycles. The number of aryl methyl sites for hydroxylation is 1. The number of nitrogens with zero attached hydrogens (tertiary/aromatic N) is 1. The minimum Gasteiger partial charge on any atom is -0.495 e. The van der Waals surface area contributed by atoms with Crippen molar-refractivity contribution in [3.63, 3.8) is 0 Å². The van der Waals surface area contributed by atoms with Gasteiger partial charge in [0.05, 0.1) is 24.7 Å². The van der Waals surface area contributed by atoms with E-state index in [-0.39, 0.29) is 5.69 Å². The largest absolute Gasteiger partial charge is 0.495 e. The fraction of sp³-hybridized carbons (Fsp3) is 0.235. The highest BCUT2D eigenvalue weighted by atomic mass is 32.2. The highest BCUT2D eigenvalue weighted by Crippen LogP contribution is 2.25. The van der Waals surface area contributed by atoms with E-state index in [4.69, 9.17) is 4.74 Å². The Hall–Kier alpha value is -2.61. The lowest BCUT2D eigenvalue weighted by molar-refractivity contribution is -0.114. The summed E-state index contributed by atoms with van der Waals surface area (Å²) in [6.07, 6.45) is 0.957. The first-order valence-corrected chi connectivity index (χ1v) is 9.23. The van der Waals surface area contributed by atoms with Crippen LogP contribution in [0.4, 0.5) is 15.8 Å². The van der Waals surface area contributed by atoms with Gasteiger partial charge in [0.1, 0.15) is 18.1 Å². The van der Waals surface area contributed by atoms with Gasteiger partial charge in [-0.2, -0.15) is 0 Å². The Labute approximate surface area is 146 Å². The number of hydrogen-bond donors (Lipinski definition) is 1. The van der Waals surface area contributed by atoms with Crippen LogP contribution in [0.1, 0.15) is 5.56 Å². The van der Waals surface area contributed by atoms with Crippen molar-refractivity contribution in [3.05, 3.63) is 53.8 Å². The number of methoxy groups -OCH3 is 1. The van der Waals surface area contributed by atoms with Crippen molar-refractivity contribution in [1.82, 2.24) is 0 Å². The van der Waals surface area contributed by atoms with Crippen molar-refractivity contribution in [2.75, 3.05) is 29.5 Å². The number of sulfonamides is 1. The summed E-state index contributed by atoms with van der Waals surface area (Å²) in [5.41, 5.74) is 1.41. The molecule has 0 bridgehead atoms. The molecule has 0 atom stereocenters. The standard InChI is InChI=1S/C17H19FN2O4S/c1-12-7-8-16(24-2)15(9-12)19-17(21)11-20(25(3,22)23)14-6-4-5-13(18)10-14/h4-10H,11H2,1-3H3,(H,19,21). The van der Waals surface area contributed by atoms with Gasteiger partial charge in [0, 0.05) is 0 Å². The summed E-state index contributed by atoms with van der Waals surface area (Å²) in [6, 6.07) is 10.3. The van der Waals surface area contributed by atoms with Gasteiger partial charge in [-0.25, -0.2) is 12.8 Å². The number of hydrogen-bond acceptors (Lipinski definition) is 4. The number of benzene rings is 2. The van der Waals surface area contributed by atoms with Crippen LogP contribution in [-0.4, -0.2) is 34.2 Å². The summed E-state index contributed by atoms with van der Waals surface area (Å²) in [6.45, 7) is 1.37. The smallest absolute Gasteiger partial charge is 0.245 e. The van der Waals surface area contributed by atoms with Crippen LogP contribution in [0.25, 0.3) is 0 Å². The Balaban J connectivity index is 2.25. The van der Waals surface area contributed by atoms with Crippen molar-refractivity contribution in [3.8, 4) is 5.75 Å². The molecule has 8 heteroatoms. The molecule has 6 nitrogen and oxygen atoms in total. The molecule has 2 aromatic carbocycles. The predicted octanol–water partition coefficient (Wildman–Crippen LogP) is 2.55. The highest BCUT2D eigenvalue weighted by Gasteiger charge is 2.22. The van der Waals surface area contributed by atoms with E-state index in [0.717, 1.165) is 22.2 Å². The molecule has 0 spiro atoms. The van der Waals surface area contributed by atoms with Gasteiger partial charge in [0.25, 0.3) is 0 Å². The SMILES string of the molecule is COc1ccc(C)cc1NC(=O)CN(c1cccc(F)c1)S(C)(=O)=O. The predicted molar refractivity (Wildman–Crippen MR) is 95.0 cm³/mol. The number of anilines is 2. The molecule has 1 amide bonds. The second-order valence-electron chi connectivity index (χ2n) is 5.50. The Morgan fingerprint density at radius 3 is 2.56 bits per heavy atom. The van der Waals surface area contributed by atoms with Crippen molar-refractivity contribution in [2.24, 2.45) is 0 Å². The molecule has 0 aliphatic rings. The summed E-state index contributed by atoms with van der Waals surface area (Å²) in [5.74, 6) is -0.707. The number of halogens is 1. The minimum absolute atomic E-state index is 0.0776. The molecule has 0 saturated heterocycles. The number of ether oxygens (including phenoxy) is 1. The lowest BCUT2D eigenvalue weighted by Gasteiger charge is -2.22. The van der Waals surface area contributed by atoms with Crippen molar-refractivity contribution in [2.45, 2.75) is 6.92 Å². The second kappa shape index (κ2) is 7.52. The average molecular weight is 366 g/mol. The third kappa shape index (κ3) is 4.93. The maximum absolute atomic E-state index is 13.4. The molecule has 1 N–H and O–H groups in total. The topological polar surface area (TPSA) is 75.7 Å². The van der Waals surface area contributed by atoms with Gasteiger partial charge in [0.15, 0.2) is 0 Å². The van der Waals surface area contributed by atoms with Crippen LogP contribution < -0.4 is 14.4 Å². The second-order valence-corrected chi connectivity index (χ2v) is 7.41. The van der Waals surface area contributed by atoms with Crippen LogP contribution in [0.3, 0.4) is 0 Å². The normalized spacial score (nSPS) is 11.0. The first-order chi connectivity index (χ1) is 11.7. The Kier molecular flexibility index (Phi) is 5.63. The lowest BCUT2D eigenvalue weighted by Crippen LogP contribution is -2.37. The van der Waals surface area contributed by atoms with E-state index in [1.807, 2.05) is 13.0 Å². The third-order valence-corrected chi connectivity index (χ3v) is 4.55. The molecule has 2 rings (SSSR count). The van der Waals surface area contributed by atoms with Gasteiger partial charge >= 0.3 is 0 Å². The summed E-state index contributed by atoms with van der Waals surface area (Å²) in [5, 5.41) is 2.63. The molecular formula is C17H19FN2O4S. The molecule has 0 unspecified atom stereocenters. The van der Waals surface area contributed by atoms with Crippen LogP contribution in [0.2, 0.25) is 0 Å². The van der Waals surface area contributed by atoms with Crippen LogP contribution in [0.15, 0.2) is 42.5 Å². The fourth-order valence-corrected chi connectivity index (χ4v) is 3.12. The first-order valence-electron chi connectivity index (χ1n) is 7.38. The molecule has 0 heterocycles. The molecule has 134 valence electrons. The lowest BCUT2D eigenvalue weighted by atomic mass is 10.2. The number of rotatable bonds is 6. The zero-order valence-electron chi connectivity index (χ0n) is 14.1. The van der Waals surface area contributed by atoms with Crippen LogP contribution in [0, 0.1) is 12.7 Å². The van der Waals surface area contributed by atoms with Crippen molar-refractivity contribution < 1.29 is 22.3 Å². The van der Waals surface area contributed by atoms with Crippen LogP contribution >= 0.6 is 0 Å². The quantitative estimate of drug-likeness (QED) is 0.852. The maximum Gasteiger partial charge on any atom is 0.245 e. The number of carbonyl (C=O) groups is 1. The molecular weight excluding hydrogens is 347 g/mol. The molecule has 0 saturated carbocycles. The fourth-order valence-electron chi connectivity index (χ4n) is 2.27. The zero-order valence-corrected chi connectivity index (χ0v) is 14.9. The minimum atomic E-state index is -3.77. The number of carbonyl (C=O) groups excluding carboxylic acids is 1. The Morgan fingerprint density at radius 2 is 1.96 bits per heavy atom. The molecule has 25 heavy (non-hydrogen) atoms. The number of amides is 1. The molecule has 0 aromatic heterocycles. The Morgan fingerprint density at radius 1 is 1.24 bits per heavy atom. The molecule has 0 radical (unpaired) electrons. The van der Waals surface area contributed by atoms with Gasteiger partial charge in [0.2, 0.25) is 15.9 Å². The van der Waals surface area contributed by atoms with E-state index in [1.54, 1.807) is 12.1 Å². The van der Waals surface area contributed by atoms with Gasteiger partial charge in [-0.1, -0.05) is 12.1 Å². The van der Waals surface area contributed by atoms with Gasteiger partial charge in [-0.3, -0.25) is 9.10 Å². The Bertz CT molecular complexity index is 884. The summed E-state index contributed by atoms with van der Waals surface area (Å²) < 4.78 is 43.4. The van der Waals surface area contributed by atoms with Gasteiger partial charge < -0.3 is 10.1 Å². The summed E-state index contributed by atoms with van der Waals surface area (Å²) in [4.78, 5) is 12.3. The van der Waals surface area contributed by atoms with E-state index >= 15 is 0 Å². The average Bonchev–Trinajstić information content (AvgIpc) is 2.52. The van der Waals surface area contributed by atoms with Gasteiger partial charge in [-0.05, 0) is 42.8 Å². The summed E-state index contributed by atoms with van der Waals surface area (Å²) >= 11 is 0. The molecule has 2 aromatic rings. The maximum atomic E-state index is 13.4. The zero-order chi connectivity index (χ0) is 18.6. The van der Waals surface area contributed by atoms with Crippen LogP contribution in [-0.2, 0) is 14.8 Å². The molecule has 0 fully saturated rings. The van der Waals surface area contributed by atoms with E-state index in [9.17, 15) is 17.6 Å². The molecule has 0 aliphatic heterocycles. The van der Waals surface area contributed by atoms with Gasteiger partial charge in [-0.15, -0.1) is 0 Å². The van der Waals surface area contributed by atoms with Crippen LogP contribution in [0.5, 0.6) is 5.75 Å². The monoisotopic (exact) mass is 366 g/mol. The van der Waals surface area contributed by atoms with E-state index in [1.165, 1.54) is 25.3 Å². The summed E-state index contributed by atoms with van der Waals surface area (Å²) in [7, 11) is -2.30. The van der Waals surface area contributed by atoms with E-state index in [2.05, 4.69) is 5.32 Å². The van der Waals surface area contributed by atoms with E-state index < -0.39 is 28.3 Å². The van der Waals surface area contributed by atoms with E-state index in [0.29, 0.717) is 11.4 Å². The van der Waals surface area contributed by atoms with Crippen molar-refractivity contribution >= 4 is 27.3 Å².